The van der Waals surface area contributed by atoms with Crippen LogP contribution in [0.15, 0.2) is 82.6 Å². The Morgan fingerprint density at radius 2 is 1.84 bits per heavy atom. The SMILES string of the molecule is CCCN(C)C(=O)c1cccc(CSc2nnc(-c3ccco3)n2Cc2ccccc2)c1. The van der Waals surface area contributed by atoms with Crippen molar-refractivity contribution in [2.24, 2.45) is 0 Å². The van der Waals surface area contributed by atoms with Crippen LogP contribution < -0.4 is 0 Å². The minimum atomic E-state index is 0.0473. The zero-order valence-electron chi connectivity index (χ0n) is 18.3. The van der Waals surface area contributed by atoms with Gasteiger partial charge in [-0.1, -0.05) is 61.2 Å². The fourth-order valence-electron chi connectivity index (χ4n) is 3.49. The van der Waals surface area contributed by atoms with Crippen molar-refractivity contribution < 1.29 is 9.21 Å². The molecule has 1 amide bonds. The van der Waals surface area contributed by atoms with E-state index in [-0.39, 0.29) is 5.91 Å². The lowest BCUT2D eigenvalue weighted by Crippen LogP contribution is -2.27. The van der Waals surface area contributed by atoms with Crippen molar-refractivity contribution in [3.05, 3.63) is 89.7 Å². The summed E-state index contributed by atoms with van der Waals surface area (Å²) in [5.41, 5.74) is 2.94. The van der Waals surface area contributed by atoms with Crippen LogP contribution in [0, 0.1) is 0 Å². The highest BCUT2D eigenvalue weighted by atomic mass is 32.2. The largest absolute Gasteiger partial charge is 0.461 e. The quantitative estimate of drug-likeness (QED) is 0.324. The minimum absolute atomic E-state index is 0.0473. The smallest absolute Gasteiger partial charge is 0.253 e. The normalized spacial score (nSPS) is 10.9. The van der Waals surface area contributed by atoms with Crippen molar-refractivity contribution in [2.45, 2.75) is 30.8 Å². The maximum Gasteiger partial charge on any atom is 0.253 e. The number of benzene rings is 2. The molecule has 6 nitrogen and oxygen atoms in total. The van der Waals surface area contributed by atoms with Crippen molar-refractivity contribution >= 4 is 17.7 Å². The Morgan fingerprint density at radius 1 is 1.03 bits per heavy atom. The Bertz CT molecular complexity index is 1160. The first-order chi connectivity index (χ1) is 15.7. The minimum Gasteiger partial charge on any atom is -0.461 e. The van der Waals surface area contributed by atoms with Gasteiger partial charge in [0.05, 0.1) is 12.8 Å². The number of thioether (sulfide) groups is 1. The monoisotopic (exact) mass is 446 g/mol. The standard InChI is InChI=1S/C25H26N4O2S/c1-3-14-28(2)24(30)21-12-7-11-20(16-21)18-32-25-27-26-23(22-13-8-15-31-22)29(25)17-19-9-5-4-6-10-19/h4-13,15-16H,3,14,17-18H2,1-2H3. The zero-order chi connectivity index (χ0) is 22.3. The van der Waals surface area contributed by atoms with Gasteiger partial charge in [0, 0.05) is 24.9 Å². The lowest BCUT2D eigenvalue weighted by atomic mass is 10.1. The highest BCUT2D eigenvalue weighted by Crippen LogP contribution is 2.28. The first kappa shape index (κ1) is 21.9. The molecule has 0 fully saturated rings. The summed E-state index contributed by atoms with van der Waals surface area (Å²) in [6, 6.07) is 21.8. The number of carbonyl (C=O) groups is 1. The van der Waals surface area contributed by atoms with Gasteiger partial charge in [-0.3, -0.25) is 9.36 Å². The molecule has 164 valence electrons. The van der Waals surface area contributed by atoms with Crippen molar-refractivity contribution in [1.82, 2.24) is 19.7 Å². The van der Waals surface area contributed by atoms with Crippen LogP contribution in [0.5, 0.6) is 0 Å². The number of hydrogen-bond donors (Lipinski definition) is 0. The van der Waals surface area contributed by atoms with E-state index in [2.05, 4.69) is 33.8 Å². The fourth-order valence-corrected chi connectivity index (χ4v) is 4.37. The van der Waals surface area contributed by atoms with Gasteiger partial charge in [0.25, 0.3) is 5.91 Å². The average Bonchev–Trinajstić information content (AvgIpc) is 3.48. The highest BCUT2D eigenvalue weighted by molar-refractivity contribution is 7.98. The molecule has 4 rings (SSSR count). The van der Waals surface area contributed by atoms with Crippen LogP contribution in [0.3, 0.4) is 0 Å². The molecule has 0 aliphatic carbocycles. The predicted octanol–water partition coefficient (Wildman–Crippen LogP) is 5.36. The van der Waals surface area contributed by atoms with E-state index in [0.29, 0.717) is 29.4 Å². The highest BCUT2D eigenvalue weighted by Gasteiger charge is 2.17. The van der Waals surface area contributed by atoms with Crippen molar-refractivity contribution in [1.29, 1.82) is 0 Å². The molecule has 0 bridgehead atoms. The lowest BCUT2D eigenvalue weighted by Gasteiger charge is -2.16. The topological polar surface area (TPSA) is 64.2 Å². The Hall–Kier alpha value is -3.32. The molecule has 0 radical (unpaired) electrons. The summed E-state index contributed by atoms with van der Waals surface area (Å²) in [7, 11) is 1.84. The van der Waals surface area contributed by atoms with Crippen LogP contribution in [-0.4, -0.2) is 39.2 Å². The molecule has 0 atom stereocenters. The van der Waals surface area contributed by atoms with Crippen molar-refractivity contribution in [2.75, 3.05) is 13.6 Å². The molecule has 2 heterocycles. The molecule has 32 heavy (non-hydrogen) atoms. The van der Waals surface area contributed by atoms with Gasteiger partial charge in [0.15, 0.2) is 10.9 Å². The van der Waals surface area contributed by atoms with E-state index in [1.807, 2.05) is 61.6 Å². The maximum absolute atomic E-state index is 12.6. The van der Waals surface area contributed by atoms with E-state index in [9.17, 15) is 4.79 Å². The molecule has 0 N–H and O–H groups in total. The van der Waals surface area contributed by atoms with E-state index >= 15 is 0 Å². The second-order valence-electron chi connectivity index (χ2n) is 7.57. The van der Waals surface area contributed by atoms with Gasteiger partial charge in [0.1, 0.15) is 0 Å². The fraction of sp³-hybridized carbons (Fsp3) is 0.240. The summed E-state index contributed by atoms with van der Waals surface area (Å²) in [5, 5.41) is 9.63. The number of rotatable bonds is 9. The van der Waals surface area contributed by atoms with E-state index in [1.165, 1.54) is 0 Å². The van der Waals surface area contributed by atoms with Crippen LogP contribution in [0.1, 0.15) is 34.8 Å². The third kappa shape index (κ3) is 5.11. The van der Waals surface area contributed by atoms with Crippen LogP contribution in [0.25, 0.3) is 11.6 Å². The summed E-state index contributed by atoms with van der Waals surface area (Å²) in [4.78, 5) is 14.4. The van der Waals surface area contributed by atoms with Gasteiger partial charge in [-0.15, -0.1) is 10.2 Å². The van der Waals surface area contributed by atoms with Gasteiger partial charge in [-0.2, -0.15) is 0 Å². The Labute approximate surface area is 192 Å². The van der Waals surface area contributed by atoms with E-state index in [1.54, 1.807) is 22.9 Å². The summed E-state index contributed by atoms with van der Waals surface area (Å²) in [6.07, 6.45) is 2.58. The number of carbonyl (C=O) groups excluding carboxylic acids is 1. The van der Waals surface area contributed by atoms with Crippen LogP contribution in [-0.2, 0) is 12.3 Å². The molecule has 0 saturated carbocycles. The molecule has 4 aromatic rings. The third-order valence-corrected chi connectivity index (χ3v) is 6.13. The average molecular weight is 447 g/mol. The molecule has 7 heteroatoms. The van der Waals surface area contributed by atoms with Gasteiger partial charge >= 0.3 is 0 Å². The Balaban J connectivity index is 1.55. The van der Waals surface area contributed by atoms with Crippen molar-refractivity contribution in [3.8, 4) is 11.6 Å². The second-order valence-corrected chi connectivity index (χ2v) is 8.51. The van der Waals surface area contributed by atoms with E-state index in [4.69, 9.17) is 4.42 Å². The van der Waals surface area contributed by atoms with Crippen molar-refractivity contribution in [3.63, 3.8) is 0 Å². The van der Waals surface area contributed by atoms with Gasteiger partial charge in [0.2, 0.25) is 5.82 Å². The molecule has 0 aliphatic heterocycles. The van der Waals surface area contributed by atoms with E-state index in [0.717, 1.165) is 29.2 Å². The third-order valence-electron chi connectivity index (χ3n) is 5.09. The van der Waals surface area contributed by atoms with Gasteiger partial charge in [-0.05, 0) is 41.8 Å². The van der Waals surface area contributed by atoms with Crippen LogP contribution in [0.2, 0.25) is 0 Å². The van der Waals surface area contributed by atoms with Crippen LogP contribution in [0.4, 0.5) is 0 Å². The number of amides is 1. The number of furan rings is 1. The zero-order valence-corrected chi connectivity index (χ0v) is 19.1. The molecule has 0 spiro atoms. The summed E-state index contributed by atoms with van der Waals surface area (Å²) in [6.45, 7) is 3.46. The molecule has 0 unspecified atom stereocenters. The Morgan fingerprint density at radius 3 is 2.59 bits per heavy atom. The first-order valence-electron chi connectivity index (χ1n) is 10.6. The summed E-state index contributed by atoms with van der Waals surface area (Å²) < 4.78 is 7.66. The second kappa shape index (κ2) is 10.3. The molecule has 2 aromatic carbocycles. The molecular weight excluding hydrogens is 420 g/mol. The van der Waals surface area contributed by atoms with E-state index < -0.39 is 0 Å². The van der Waals surface area contributed by atoms with Gasteiger partial charge < -0.3 is 9.32 Å². The Kier molecular flexibility index (Phi) is 7.07. The number of hydrogen-bond acceptors (Lipinski definition) is 5. The van der Waals surface area contributed by atoms with Crippen LogP contribution >= 0.6 is 11.8 Å². The molecular formula is C25H26N4O2S. The molecule has 0 saturated heterocycles. The lowest BCUT2D eigenvalue weighted by molar-refractivity contribution is 0.0795. The predicted molar refractivity (Wildman–Crippen MR) is 127 cm³/mol. The molecule has 0 aliphatic rings. The first-order valence-corrected chi connectivity index (χ1v) is 11.6. The summed E-state index contributed by atoms with van der Waals surface area (Å²) >= 11 is 1.60. The number of aromatic nitrogens is 3. The molecule has 2 aromatic heterocycles. The number of nitrogens with zero attached hydrogens (tertiary/aromatic N) is 4. The van der Waals surface area contributed by atoms with Gasteiger partial charge in [-0.25, -0.2) is 0 Å². The maximum atomic E-state index is 12.6. The summed E-state index contributed by atoms with van der Waals surface area (Å²) in [5.74, 6) is 2.12.